The van der Waals surface area contributed by atoms with Gasteiger partial charge in [0.25, 0.3) is 5.78 Å². The van der Waals surface area contributed by atoms with Crippen LogP contribution in [0.2, 0.25) is 10.0 Å². The van der Waals surface area contributed by atoms with Crippen molar-refractivity contribution in [1.82, 2.24) is 19.6 Å². The van der Waals surface area contributed by atoms with Crippen molar-refractivity contribution in [2.45, 2.75) is 0 Å². The molecule has 0 bridgehead atoms. The predicted octanol–water partition coefficient (Wildman–Crippen LogP) is 4.54. The molecule has 0 spiro atoms. The molecule has 0 saturated heterocycles. The molecule has 4 aromatic rings. The minimum atomic E-state index is 0.480. The lowest BCUT2D eigenvalue weighted by Gasteiger charge is -2.07. The number of hydrogen-bond acceptors (Lipinski definition) is 5. The molecule has 2 heterocycles. The van der Waals surface area contributed by atoms with Crippen LogP contribution >= 0.6 is 23.2 Å². The molecule has 0 unspecified atom stereocenters. The van der Waals surface area contributed by atoms with Crippen molar-refractivity contribution in [3.8, 4) is 11.3 Å². The maximum Gasteiger partial charge on any atom is 0.254 e. The number of benzene rings is 2. The molecule has 128 valence electrons. The van der Waals surface area contributed by atoms with Gasteiger partial charge in [-0.3, -0.25) is 5.43 Å². The Labute approximate surface area is 159 Å². The van der Waals surface area contributed by atoms with Gasteiger partial charge >= 0.3 is 0 Å². The fourth-order valence-corrected chi connectivity index (χ4v) is 2.88. The van der Waals surface area contributed by atoms with Gasteiger partial charge < -0.3 is 0 Å². The molecule has 0 atom stereocenters. The Morgan fingerprint density at radius 2 is 1.88 bits per heavy atom. The molecule has 0 amide bonds. The second-order valence-corrected chi connectivity index (χ2v) is 6.24. The summed E-state index contributed by atoms with van der Waals surface area (Å²) in [4.78, 5) is 8.69. The zero-order chi connectivity index (χ0) is 17.9. The van der Waals surface area contributed by atoms with Crippen molar-refractivity contribution in [1.29, 1.82) is 0 Å². The van der Waals surface area contributed by atoms with Crippen LogP contribution in [0.1, 0.15) is 5.56 Å². The van der Waals surface area contributed by atoms with Crippen LogP contribution in [0, 0.1) is 0 Å². The number of nitrogens with zero attached hydrogens (tertiary/aromatic N) is 5. The van der Waals surface area contributed by atoms with Crippen molar-refractivity contribution >= 4 is 41.0 Å². The van der Waals surface area contributed by atoms with Gasteiger partial charge in [-0.1, -0.05) is 59.6 Å². The van der Waals surface area contributed by atoms with Crippen molar-refractivity contribution < 1.29 is 0 Å². The molecule has 1 N–H and O–H groups in total. The summed E-state index contributed by atoms with van der Waals surface area (Å²) in [6.07, 6.45) is 3.06. The van der Waals surface area contributed by atoms with E-state index in [9.17, 15) is 0 Å². The van der Waals surface area contributed by atoms with Crippen LogP contribution in [0.15, 0.2) is 66.0 Å². The van der Waals surface area contributed by atoms with Crippen LogP contribution in [0.25, 0.3) is 17.0 Å². The second kappa shape index (κ2) is 7.11. The highest BCUT2D eigenvalue weighted by Crippen LogP contribution is 2.22. The van der Waals surface area contributed by atoms with Crippen molar-refractivity contribution in [2.75, 3.05) is 5.43 Å². The first kappa shape index (κ1) is 16.5. The van der Waals surface area contributed by atoms with E-state index in [0.717, 1.165) is 16.8 Å². The maximum absolute atomic E-state index is 6.15. The second-order valence-electron chi connectivity index (χ2n) is 5.40. The average molecular weight is 383 g/mol. The van der Waals surface area contributed by atoms with E-state index in [2.05, 4.69) is 25.6 Å². The molecular weight excluding hydrogens is 371 g/mol. The van der Waals surface area contributed by atoms with E-state index in [1.807, 2.05) is 36.4 Å². The van der Waals surface area contributed by atoms with E-state index >= 15 is 0 Å². The largest absolute Gasteiger partial charge is 0.261 e. The zero-order valence-corrected chi connectivity index (χ0v) is 14.9. The van der Waals surface area contributed by atoms with Gasteiger partial charge in [-0.15, -0.1) is 0 Å². The van der Waals surface area contributed by atoms with Gasteiger partial charge in [0, 0.05) is 22.2 Å². The first-order valence-electron chi connectivity index (χ1n) is 7.71. The number of hydrogen-bond donors (Lipinski definition) is 1. The molecule has 0 aliphatic carbocycles. The highest BCUT2D eigenvalue weighted by atomic mass is 35.5. The van der Waals surface area contributed by atoms with Gasteiger partial charge in [0.1, 0.15) is 6.33 Å². The number of hydrazone groups is 1. The summed E-state index contributed by atoms with van der Waals surface area (Å²) in [5, 5.41) is 9.52. The van der Waals surface area contributed by atoms with Gasteiger partial charge in [0.2, 0.25) is 0 Å². The molecular formula is C18H12Cl2N6. The van der Waals surface area contributed by atoms with Crippen LogP contribution in [0.5, 0.6) is 0 Å². The van der Waals surface area contributed by atoms with E-state index in [4.69, 9.17) is 23.2 Å². The minimum Gasteiger partial charge on any atom is -0.261 e. The number of nitrogens with one attached hydrogen (secondary N) is 1. The van der Waals surface area contributed by atoms with Crippen LogP contribution in [0.4, 0.5) is 5.82 Å². The van der Waals surface area contributed by atoms with Crippen LogP contribution in [-0.4, -0.2) is 25.8 Å². The lowest BCUT2D eigenvalue weighted by Crippen LogP contribution is -2.02. The molecule has 8 heteroatoms. The highest BCUT2D eigenvalue weighted by molar-refractivity contribution is 6.36. The molecule has 0 fully saturated rings. The molecule has 6 nitrogen and oxygen atoms in total. The summed E-state index contributed by atoms with van der Waals surface area (Å²) in [7, 11) is 0. The number of aromatic nitrogens is 4. The minimum absolute atomic E-state index is 0.480. The molecule has 0 saturated carbocycles. The van der Waals surface area contributed by atoms with Crippen molar-refractivity contribution in [2.24, 2.45) is 5.10 Å². The van der Waals surface area contributed by atoms with Gasteiger partial charge in [0.15, 0.2) is 5.82 Å². The molecule has 4 rings (SSSR count). The number of anilines is 1. The lowest BCUT2D eigenvalue weighted by molar-refractivity contribution is 0.938. The third-order valence-electron chi connectivity index (χ3n) is 3.67. The van der Waals surface area contributed by atoms with E-state index in [0.29, 0.717) is 21.6 Å². The first-order chi connectivity index (χ1) is 12.7. The molecule has 0 aliphatic heterocycles. The van der Waals surface area contributed by atoms with Crippen LogP contribution in [-0.2, 0) is 0 Å². The average Bonchev–Trinajstić information content (AvgIpc) is 3.13. The fraction of sp³-hybridized carbons (Fsp3) is 0. The number of halogens is 2. The summed E-state index contributed by atoms with van der Waals surface area (Å²) in [5.74, 6) is 1.11. The van der Waals surface area contributed by atoms with E-state index in [-0.39, 0.29) is 0 Å². The summed E-state index contributed by atoms with van der Waals surface area (Å²) in [6.45, 7) is 0. The summed E-state index contributed by atoms with van der Waals surface area (Å²) < 4.78 is 1.58. The SMILES string of the molecule is Clc1ccc(/C=N/Nc2cc(-c3ccccc3)nc3ncnn23)c(Cl)c1. The third-order valence-corrected chi connectivity index (χ3v) is 4.23. The standard InChI is InChI=1S/C18H12Cl2N6/c19-14-7-6-13(15(20)8-14)10-22-25-17-9-16(12-4-2-1-3-5-12)24-18-21-11-23-26(17)18/h1-11,25H/b22-10+. The Hall–Kier alpha value is -2.96. The molecule has 0 radical (unpaired) electrons. The fourth-order valence-electron chi connectivity index (χ4n) is 2.42. The van der Waals surface area contributed by atoms with E-state index < -0.39 is 0 Å². The summed E-state index contributed by atoms with van der Waals surface area (Å²) >= 11 is 12.1. The quantitative estimate of drug-likeness (QED) is 0.415. The zero-order valence-electron chi connectivity index (χ0n) is 13.3. The molecule has 26 heavy (non-hydrogen) atoms. The Morgan fingerprint density at radius 3 is 2.69 bits per heavy atom. The number of fused-ring (bicyclic) bond motifs is 1. The Balaban J connectivity index is 1.67. The Kier molecular flexibility index (Phi) is 4.51. The molecule has 2 aromatic carbocycles. The van der Waals surface area contributed by atoms with E-state index in [1.54, 1.807) is 28.9 Å². The van der Waals surface area contributed by atoms with E-state index in [1.165, 1.54) is 6.33 Å². The number of rotatable bonds is 4. The first-order valence-corrected chi connectivity index (χ1v) is 8.46. The van der Waals surface area contributed by atoms with Crippen molar-refractivity contribution in [3.63, 3.8) is 0 Å². The van der Waals surface area contributed by atoms with Crippen LogP contribution in [0.3, 0.4) is 0 Å². The molecule has 2 aromatic heterocycles. The lowest BCUT2D eigenvalue weighted by atomic mass is 10.1. The predicted molar refractivity (Wildman–Crippen MR) is 104 cm³/mol. The smallest absolute Gasteiger partial charge is 0.254 e. The maximum atomic E-state index is 6.15. The third kappa shape index (κ3) is 3.37. The Morgan fingerprint density at radius 1 is 1.04 bits per heavy atom. The highest BCUT2D eigenvalue weighted by Gasteiger charge is 2.08. The summed E-state index contributed by atoms with van der Waals surface area (Å²) in [6, 6.07) is 16.9. The van der Waals surface area contributed by atoms with Gasteiger partial charge in [0.05, 0.1) is 16.9 Å². The van der Waals surface area contributed by atoms with Crippen LogP contribution < -0.4 is 5.43 Å². The summed E-state index contributed by atoms with van der Waals surface area (Å²) in [5.41, 5.74) is 5.47. The molecule has 0 aliphatic rings. The van der Waals surface area contributed by atoms with Gasteiger partial charge in [-0.2, -0.15) is 19.7 Å². The van der Waals surface area contributed by atoms with Crippen molar-refractivity contribution in [3.05, 3.63) is 76.5 Å². The normalized spacial score (nSPS) is 11.3. The Bertz CT molecular complexity index is 1090. The topological polar surface area (TPSA) is 67.5 Å². The monoisotopic (exact) mass is 382 g/mol. The van der Waals surface area contributed by atoms with Gasteiger partial charge in [-0.25, -0.2) is 4.98 Å². The van der Waals surface area contributed by atoms with Gasteiger partial charge in [-0.05, 0) is 12.1 Å².